The number of aromatic hydroxyl groups is 1. The number of halogens is 3. The summed E-state index contributed by atoms with van der Waals surface area (Å²) in [6.45, 7) is 4.73. The van der Waals surface area contributed by atoms with E-state index in [1.54, 1.807) is 44.2 Å². The van der Waals surface area contributed by atoms with Crippen LogP contribution in [0.5, 0.6) is 17.2 Å². The van der Waals surface area contributed by atoms with Crippen LogP contribution in [-0.2, 0) is 12.7 Å². The molecule has 12 heteroatoms. The Balaban J connectivity index is 1.18. The molecule has 44 heavy (non-hydrogen) atoms. The number of aliphatic hydroxyl groups is 1. The van der Waals surface area contributed by atoms with Crippen LogP contribution in [0.25, 0.3) is 11.4 Å². The third kappa shape index (κ3) is 8.98. The number of aromatic nitrogens is 2. The lowest BCUT2D eigenvalue weighted by molar-refractivity contribution is -0.140. The minimum Gasteiger partial charge on any atom is -0.507 e. The van der Waals surface area contributed by atoms with Gasteiger partial charge in [0, 0.05) is 37.4 Å². The minimum absolute atomic E-state index is 0.00847. The van der Waals surface area contributed by atoms with Gasteiger partial charge in [0.05, 0.1) is 5.56 Å². The number of nitrogens with zero attached hydrogens (tertiary/aromatic N) is 2. The van der Waals surface area contributed by atoms with Gasteiger partial charge in [-0.05, 0) is 61.9 Å². The summed E-state index contributed by atoms with van der Waals surface area (Å²) in [5.41, 5.74) is 0.596. The van der Waals surface area contributed by atoms with Gasteiger partial charge in [-0.15, -0.1) is 0 Å². The first-order valence-corrected chi connectivity index (χ1v) is 14.1. The van der Waals surface area contributed by atoms with Gasteiger partial charge in [0.1, 0.15) is 42.4 Å². The Hall–Kier alpha value is -4.55. The van der Waals surface area contributed by atoms with Crippen LogP contribution in [-0.4, -0.2) is 58.1 Å². The second-order valence-corrected chi connectivity index (χ2v) is 10.3. The lowest BCUT2D eigenvalue weighted by atomic mass is 10.1. The van der Waals surface area contributed by atoms with E-state index in [4.69, 9.17) is 9.47 Å². The van der Waals surface area contributed by atoms with Crippen molar-refractivity contribution in [3.63, 3.8) is 0 Å². The van der Waals surface area contributed by atoms with E-state index in [-0.39, 0.29) is 42.9 Å². The molecule has 0 aliphatic carbocycles. The lowest BCUT2D eigenvalue weighted by Gasteiger charge is -2.15. The van der Waals surface area contributed by atoms with E-state index in [9.17, 15) is 28.2 Å². The van der Waals surface area contributed by atoms with E-state index in [1.807, 2.05) is 30.3 Å². The number of ether oxygens (including phenoxy) is 2. The van der Waals surface area contributed by atoms with Gasteiger partial charge < -0.3 is 34.9 Å². The van der Waals surface area contributed by atoms with Crippen molar-refractivity contribution in [1.29, 1.82) is 0 Å². The highest BCUT2D eigenvalue weighted by molar-refractivity contribution is 5.97. The van der Waals surface area contributed by atoms with Gasteiger partial charge in [0.25, 0.3) is 5.91 Å². The quantitative estimate of drug-likeness (QED) is 0.145. The van der Waals surface area contributed by atoms with Gasteiger partial charge in [-0.1, -0.05) is 30.3 Å². The third-order valence-electron chi connectivity index (χ3n) is 6.57. The molecule has 1 unspecified atom stereocenters. The van der Waals surface area contributed by atoms with Crippen molar-refractivity contribution in [2.24, 2.45) is 0 Å². The molecule has 4 aromatic rings. The minimum atomic E-state index is -4.54. The van der Waals surface area contributed by atoms with Crippen LogP contribution in [0.3, 0.4) is 0 Å². The highest BCUT2D eigenvalue weighted by Crippen LogP contribution is 2.33. The number of benzene rings is 3. The predicted octanol–water partition coefficient (Wildman–Crippen LogP) is 5.19. The van der Waals surface area contributed by atoms with Crippen molar-refractivity contribution in [1.82, 2.24) is 20.2 Å². The Bertz CT molecular complexity index is 1510. The van der Waals surface area contributed by atoms with Crippen LogP contribution < -0.4 is 20.1 Å². The van der Waals surface area contributed by atoms with E-state index < -0.39 is 23.9 Å². The molecule has 9 nitrogen and oxygen atoms in total. The van der Waals surface area contributed by atoms with Crippen molar-refractivity contribution in [3.05, 3.63) is 95.8 Å². The number of phenolic OH excluding ortho intramolecular Hbond substituents is 1. The Morgan fingerprint density at radius 3 is 2.39 bits per heavy atom. The maximum atomic E-state index is 13.2. The fraction of sp³-hybridized carbons (Fsp3) is 0.312. The van der Waals surface area contributed by atoms with E-state index in [0.29, 0.717) is 30.2 Å². The molecule has 0 fully saturated rings. The summed E-state index contributed by atoms with van der Waals surface area (Å²) >= 11 is 0. The van der Waals surface area contributed by atoms with E-state index in [1.165, 1.54) is 16.7 Å². The van der Waals surface area contributed by atoms with Gasteiger partial charge in [-0.3, -0.25) is 4.79 Å². The van der Waals surface area contributed by atoms with Crippen molar-refractivity contribution >= 4 is 5.91 Å². The Morgan fingerprint density at radius 1 is 1.00 bits per heavy atom. The molecule has 0 radical (unpaired) electrons. The molecule has 1 aromatic heterocycles. The summed E-state index contributed by atoms with van der Waals surface area (Å²) in [5, 5.41) is 26.2. The second-order valence-electron chi connectivity index (χ2n) is 10.3. The molecule has 3 aromatic carbocycles. The topological polar surface area (TPSA) is 118 Å². The Labute approximate surface area is 253 Å². The van der Waals surface area contributed by atoms with Crippen molar-refractivity contribution in [3.8, 4) is 28.6 Å². The standard InChI is InChI=1S/C32H35F3N4O5/c1-21(2)39-19-29(32(33,34)35)38-30(39)23-8-10-25(11-9-23)44-20-24(40)18-36-14-15-43-26-12-13-28(41)27(16-26)31(42)37-17-22-6-4-3-5-7-22/h3-13,16,19,21,24,36,40-41H,14-15,17-18,20H2,1-2H3,(H,37,42). The van der Waals surface area contributed by atoms with Crippen LogP contribution in [0, 0.1) is 0 Å². The van der Waals surface area contributed by atoms with Gasteiger partial charge in [-0.25, -0.2) is 4.98 Å². The molecule has 234 valence electrons. The van der Waals surface area contributed by atoms with E-state index >= 15 is 0 Å². The molecular weight excluding hydrogens is 577 g/mol. The Kier molecular flexibility index (Phi) is 10.9. The number of phenols is 1. The van der Waals surface area contributed by atoms with Crippen molar-refractivity contribution < 1.29 is 37.7 Å². The molecular formula is C32H35F3N4O5. The number of carbonyl (C=O) groups is 1. The van der Waals surface area contributed by atoms with Crippen LogP contribution in [0.15, 0.2) is 79.0 Å². The first-order chi connectivity index (χ1) is 21.0. The maximum absolute atomic E-state index is 13.2. The molecule has 0 saturated heterocycles. The largest absolute Gasteiger partial charge is 0.507 e. The zero-order valence-corrected chi connectivity index (χ0v) is 24.3. The molecule has 0 aliphatic rings. The first-order valence-electron chi connectivity index (χ1n) is 14.1. The molecule has 4 rings (SSSR count). The van der Waals surface area contributed by atoms with Gasteiger partial charge in [-0.2, -0.15) is 13.2 Å². The number of hydrogen-bond donors (Lipinski definition) is 4. The normalized spacial score (nSPS) is 12.2. The average Bonchev–Trinajstić information content (AvgIpc) is 3.47. The summed E-state index contributed by atoms with van der Waals surface area (Å²) in [5.74, 6) is 0.486. The second kappa shape index (κ2) is 14.8. The highest BCUT2D eigenvalue weighted by Gasteiger charge is 2.35. The fourth-order valence-electron chi connectivity index (χ4n) is 4.26. The SMILES string of the molecule is CC(C)n1cc(C(F)(F)F)nc1-c1ccc(OCC(O)CNCCOc2ccc(O)c(C(=O)NCc3ccccc3)c2)cc1. The number of hydrogen-bond acceptors (Lipinski definition) is 7. The zero-order valence-electron chi connectivity index (χ0n) is 24.3. The third-order valence-corrected chi connectivity index (χ3v) is 6.57. The van der Waals surface area contributed by atoms with E-state index in [0.717, 1.165) is 11.8 Å². The number of carbonyl (C=O) groups excluding carboxylic acids is 1. The first kappa shape index (κ1) is 32.4. The molecule has 4 N–H and O–H groups in total. The summed E-state index contributed by atoms with van der Waals surface area (Å²) in [6, 6.07) is 20.1. The summed E-state index contributed by atoms with van der Waals surface area (Å²) < 4.78 is 52.3. The van der Waals surface area contributed by atoms with Crippen LogP contribution in [0.4, 0.5) is 13.2 Å². The maximum Gasteiger partial charge on any atom is 0.434 e. The molecule has 1 amide bonds. The van der Waals surface area contributed by atoms with Crippen LogP contribution in [0.1, 0.15) is 41.5 Å². The number of rotatable bonds is 14. The van der Waals surface area contributed by atoms with Crippen LogP contribution in [0.2, 0.25) is 0 Å². The smallest absolute Gasteiger partial charge is 0.434 e. The molecule has 1 heterocycles. The number of aliphatic hydroxyl groups excluding tert-OH is 1. The fourth-order valence-corrected chi connectivity index (χ4v) is 4.26. The summed E-state index contributed by atoms with van der Waals surface area (Å²) in [4.78, 5) is 16.3. The summed E-state index contributed by atoms with van der Waals surface area (Å²) in [7, 11) is 0. The molecule has 0 aliphatic heterocycles. The molecule has 0 saturated carbocycles. The van der Waals surface area contributed by atoms with Gasteiger partial charge in [0.15, 0.2) is 5.69 Å². The van der Waals surface area contributed by atoms with Gasteiger partial charge >= 0.3 is 6.18 Å². The Morgan fingerprint density at radius 2 is 1.70 bits per heavy atom. The average molecular weight is 613 g/mol. The molecule has 0 bridgehead atoms. The number of amides is 1. The zero-order chi connectivity index (χ0) is 31.7. The molecule has 0 spiro atoms. The molecule has 1 atom stereocenters. The van der Waals surface area contributed by atoms with Crippen LogP contribution >= 0.6 is 0 Å². The highest BCUT2D eigenvalue weighted by atomic mass is 19.4. The number of nitrogens with one attached hydrogen (secondary N) is 2. The number of alkyl halides is 3. The lowest BCUT2D eigenvalue weighted by Crippen LogP contribution is -2.33. The van der Waals surface area contributed by atoms with Gasteiger partial charge in [0.2, 0.25) is 0 Å². The van der Waals surface area contributed by atoms with Crippen molar-refractivity contribution in [2.75, 3.05) is 26.3 Å². The predicted molar refractivity (Wildman–Crippen MR) is 159 cm³/mol. The van der Waals surface area contributed by atoms with Crippen molar-refractivity contribution in [2.45, 2.75) is 38.7 Å². The van der Waals surface area contributed by atoms with E-state index in [2.05, 4.69) is 15.6 Å². The monoisotopic (exact) mass is 612 g/mol. The summed E-state index contributed by atoms with van der Waals surface area (Å²) in [6.07, 6.45) is -4.37. The number of imidazole rings is 1.